The third-order valence-corrected chi connectivity index (χ3v) is 4.65. The number of aryl methyl sites for hydroxylation is 3. The van der Waals surface area contributed by atoms with E-state index in [0.29, 0.717) is 12.5 Å². The minimum absolute atomic E-state index is 0.215. The van der Waals surface area contributed by atoms with E-state index in [0.717, 1.165) is 33.5 Å². The molecule has 0 radical (unpaired) electrons. The maximum Gasteiger partial charge on any atom is 0.244 e. The van der Waals surface area contributed by atoms with Gasteiger partial charge in [-0.1, -0.05) is 12.1 Å². The number of aromatic nitrogens is 2. The molecule has 0 bridgehead atoms. The van der Waals surface area contributed by atoms with Crippen molar-refractivity contribution in [2.45, 2.75) is 33.9 Å². The third-order valence-electron chi connectivity index (χ3n) is 3.83. The summed E-state index contributed by atoms with van der Waals surface area (Å²) < 4.78 is 11.2. The molecule has 0 fully saturated rings. The number of nitrogens with zero attached hydrogens (tertiary/aromatic N) is 2. The van der Waals surface area contributed by atoms with Gasteiger partial charge in [0.2, 0.25) is 11.8 Å². The first-order valence-electron chi connectivity index (χ1n) is 8.52. The maximum absolute atomic E-state index is 12.0. The topological polar surface area (TPSA) is 77.2 Å². The van der Waals surface area contributed by atoms with Crippen molar-refractivity contribution in [1.29, 1.82) is 0 Å². The normalized spacial score (nSPS) is 11.1. The summed E-state index contributed by atoms with van der Waals surface area (Å²) in [6.07, 6.45) is 3.22. The Bertz CT molecular complexity index is 940. The maximum atomic E-state index is 12.0. The van der Waals surface area contributed by atoms with Crippen molar-refractivity contribution in [3.05, 3.63) is 69.3 Å². The first kappa shape index (κ1) is 18.8. The zero-order valence-corrected chi connectivity index (χ0v) is 16.3. The Morgan fingerprint density at radius 2 is 2.15 bits per heavy atom. The molecule has 0 spiro atoms. The number of carbonyl (C=O) groups is 1. The van der Waals surface area contributed by atoms with E-state index in [1.54, 1.807) is 17.4 Å². The van der Waals surface area contributed by atoms with Gasteiger partial charge in [-0.15, -0.1) is 11.3 Å². The average molecular weight is 383 g/mol. The van der Waals surface area contributed by atoms with E-state index in [2.05, 4.69) is 15.3 Å². The zero-order valence-electron chi connectivity index (χ0n) is 15.5. The number of carbonyl (C=O) groups excluding carboxylic acids is 1. The van der Waals surface area contributed by atoms with Crippen LogP contribution in [0.1, 0.15) is 33.6 Å². The SMILES string of the molecule is Cc1nc(COc2cccc(C=CC(=O)NCc3nc(C)c(C)o3)c2)cs1. The number of hydrogen-bond acceptors (Lipinski definition) is 6. The first-order chi connectivity index (χ1) is 13.0. The van der Waals surface area contributed by atoms with Gasteiger partial charge in [0.05, 0.1) is 22.9 Å². The van der Waals surface area contributed by atoms with Crippen molar-refractivity contribution in [2.75, 3.05) is 0 Å². The molecule has 140 valence electrons. The Morgan fingerprint density at radius 3 is 2.85 bits per heavy atom. The predicted octanol–water partition coefficient (Wildman–Crippen LogP) is 3.96. The summed E-state index contributed by atoms with van der Waals surface area (Å²) in [6.45, 7) is 6.36. The number of benzene rings is 1. The molecule has 3 rings (SSSR count). The number of oxazole rings is 1. The molecule has 7 heteroatoms. The van der Waals surface area contributed by atoms with Gasteiger partial charge in [-0.25, -0.2) is 9.97 Å². The van der Waals surface area contributed by atoms with Crippen molar-refractivity contribution in [3.63, 3.8) is 0 Å². The van der Waals surface area contributed by atoms with Crippen LogP contribution in [0.25, 0.3) is 6.08 Å². The molecule has 0 unspecified atom stereocenters. The van der Waals surface area contributed by atoms with Gasteiger partial charge < -0.3 is 14.5 Å². The fourth-order valence-corrected chi connectivity index (χ4v) is 2.95. The summed E-state index contributed by atoms with van der Waals surface area (Å²) in [5.74, 6) is 1.78. The van der Waals surface area contributed by atoms with Crippen LogP contribution < -0.4 is 10.1 Å². The highest BCUT2D eigenvalue weighted by Gasteiger charge is 2.06. The molecule has 0 saturated carbocycles. The van der Waals surface area contributed by atoms with Crippen LogP contribution in [0.3, 0.4) is 0 Å². The fourth-order valence-electron chi connectivity index (χ4n) is 2.35. The highest BCUT2D eigenvalue weighted by molar-refractivity contribution is 7.09. The summed E-state index contributed by atoms with van der Waals surface area (Å²) in [7, 11) is 0. The number of thiazole rings is 1. The third kappa shape index (κ3) is 5.52. The number of amides is 1. The van der Waals surface area contributed by atoms with Gasteiger partial charge in [0.25, 0.3) is 0 Å². The van der Waals surface area contributed by atoms with Gasteiger partial charge in [-0.05, 0) is 44.5 Å². The highest BCUT2D eigenvalue weighted by Crippen LogP contribution is 2.17. The summed E-state index contributed by atoms with van der Waals surface area (Å²) >= 11 is 1.60. The van der Waals surface area contributed by atoms with E-state index in [4.69, 9.17) is 9.15 Å². The monoisotopic (exact) mass is 383 g/mol. The first-order valence-corrected chi connectivity index (χ1v) is 9.40. The van der Waals surface area contributed by atoms with Crippen LogP contribution in [0.5, 0.6) is 5.75 Å². The molecule has 1 aromatic carbocycles. The summed E-state index contributed by atoms with van der Waals surface area (Å²) in [4.78, 5) is 20.6. The Balaban J connectivity index is 1.52. The number of rotatable bonds is 7. The second-order valence-corrected chi connectivity index (χ2v) is 7.08. The predicted molar refractivity (Wildman–Crippen MR) is 104 cm³/mol. The van der Waals surface area contributed by atoms with Crippen molar-refractivity contribution in [3.8, 4) is 5.75 Å². The standard InChI is InChI=1S/C20H21N3O3S/c1-13-14(2)26-20(22-13)10-21-19(24)8-7-16-5-4-6-18(9-16)25-11-17-12-27-15(3)23-17/h4-9,12H,10-11H2,1-3H3,(H,21,24). The fraction of sp³-hybridized carbons (Fsp3) is 0.250. The van der Waals surface area contributed by atoms with Crippen LogP contribution in [0.15, 0.2) is 40.1 Å². The molecule has 1 N–H and O–H groups in total. The van der Waals surface area contributed by atoms with Crippen LogP contribution in [0.4, 0.5) is 0 Å². The molecule has 6 nitrogen and oxygen atoms in total. The lowest BCUT2D eigenvalue weighted by molar-refractivity contribution is -0.116. The molecule has 2 heterocycles. The van der Waals surface area contributed by atoms with E-state index < -0.39 is 0 Å². The van der Waals surface area contributed by atoms with Crippen molar-refractivity contribution < 1.29 is 13.9 Å². The van der Waals surface area contributed by atoms with Crippen molar-refractivity contribution in [2.24, 2.45) is 0 Å². The Hall–Kier alpha value is -2.93. The lowest BCUT2D eigenvalue weighted by Gasteiger charge is -2.05. The summed E-state index contributed by atoms with van der Waals surface area (Å²) in [6, 6.07) is 7.55. The Kier molecular flexibility index (Phi) is 6.03. The van der Waals surface area contributed by atoms with E-state index in [1.165, 1.54) is 6.08 Å². The van der Waals surface area contributed by atoms with Gasteiger partial charge in [0, 0.05) is 11.5 Å². The molecule has 1 amide bonds. The van der Waals surface area contributed by atoms with Crippen molar-refractivity contribution in [1.82, 2.24) is 15.3 Å². The molecule has 0 saturated heterocycles. The van der Waals surface area contributed by atoms with Crippen LogP contribution in [0, 0.1) is 20.8 Å². The van der Waals surface area contributed by atoms with E-state index in [-0.39, 0.29) is 12.5 Å². The zero-order chi connectivity index (χ0) is 19.2. The van der Waals surface area contributed by atoms with Gasteiger partial charge in [-0.2, -0.15) is 0 Å². The molecule has 2 aromatic heterocycles. The Labute approximate surface area is 161 Å². The minimum Gasteiger partial charge on any atom is -0.487 e. The Morgan fingerprint density at radius 1 is 1.30 bits per heavy atom. The second kappa shape index (κ2) is 8.64. The lowest BCUT2D eigenvalue weighted by atomic mass is 10.2. The van der Waals surface area contributed by atoms with Gasteiger partial charge in [0.1, 0.15) is 18.1 Å². The lowest BCUT2D eigenvalue weighted by Crippen LogP contribution is -2.20. The smallest absolute Gasteiger partial charge is 0.244 e. The van der Waals surface area contributed by atoms with E-state index in [9.17, 15) is 4.79 Å². The molecular formula is C20H21N3O3S. The molecule has 0 atom stereocenters. The van der Waals surface area contributed by atoms with E-state index >= 15 is 0 Å². The van der Waals surface area contributed by atoms with E-state index in [1.807, 2.05) is 50.4 Å². The second-order valence-electron chi connectivity index (χ2n) is 6.02. The van der Waals surface area contributed by atoms with Gasteiger partial charge in [0.15, 0.2) is 0 Å². The van der Waals surface area contributed by atoms with Crippen LogP contribution in [-0.4, -0.2) is 15.9 Å². The molecular weight excluding hydrogens is 362 g/mol. The number of ether oxygens (including phenoxy) is 1. The van der Waals surface area contributed by atoms with Crippen LogP contribution >= 0.6 is 11.3 Å². The number of hydrogen-bond donors (Lipinski definition) is 1. The molecule has 0 aliphatic heterocycles. The molecule has 3 aromatic rings. The minimum atomic E-state index is -0.215. The molecule has 0 aliphatic carbocycles. The van der Waals surface area contributed by atoms with Crippen molar-refractivity contribution >= 4 is 23.3 Å². The average Bonchev–Trinajstić information content (AvgIpc) is 3.22. The summed E-state index contributed by atoms with van der Waals surface area (Å²) in [5, 5.41) is 5.76. The highest BCUT2D eigenvalue weighted by atomic mass is 32.1. The molecule has 27 heavy (non-hydrogen) atoms. The van der Waals surface area contributed by atoms with Gasteiger partial charge in [-0.3, -0.25) is 4.79 Å². The number of nitrogens with one attached hydrogen (secondary N) is 1. The van der Waals surface area contributed by atoms with Gasteiger partial charge >= 0.3 is 0 Å². The molecule has 0 aliphatic rings. The quantitative estimate of drug-likeness (QED) is 0.625. The van der Waals surface area contributed by atoms with Crippen LogP contribution in [0.2, 0.25) is 0 Å². The summed E-state index contributed by atoms with van der Waals surface area (Å²) in [5.41, 5.74) is 2.62. The largest absolute Gasteiger partial charge is 0.487 e. The van der Waals surface area contributed by atoms with Crippen LogP contribution in [-0.2, 0) is 17.9 Å².